The van der Waals surface area contributed by atoms with E-state index in [-0.39, 0.29) is 11.8 Å². The van der Waals surface area contributed by atoms with Crippen LogP contribution in [0.25, 0.3) is 0 Å². The van der Waals surface area contributed by atoms with E-state index in [1.165, 1.54) is 0 Å². The SMILES string of the molecule is CNCC(C)C(=O)N(CCOC)C1CC1. The van der Waals surface area contributed by atoms with Crippen LogP contribution < -0.4 is 5.32 Å². The summed E-state index contributed by atoms with van der Waals surface area (Å²) < 4.78 is 5.03. The maximum absolute atomic E-state index is 12.1. The van der Waals surface area contributed by atoms with Crippen molar-refractivity contribution in [2.45, 2.75) is 25.8 Å². The molecule has 88 valence electrons. The predicted molar refractivity (Wildman–Crippen MR) is 59.7 cm³/mol. The molecule has 0 heterocycles. The number of ether oxygens (including phenoxy) is 1. The Labute approximate surface area is 92.0 Å². The first kappa shape index (κ1) is 12.5. The van der Waals surface area contributed by atoms with Gasteiger partial charge in [-0.3, -0.25) is 4.79 Å². The van der Waals surface area contributed by atoms with E-state index >= 15 is 0 Å². The summed E-state index contributed by atoms with van der Waals surface area (Å²) in [6.07, 6.45) is 2.31. The molecule has 15 heavy (non-hydrogen) atoms. The second-order valence-corrected chi connectivity index (χ2v) is 4.21. The van der Waals surface area contributed by atoms with E-state index < -0.39 is 0 Å². The number of rotatable bonds is 7. The summed E-state index contributed by atoms with van der Waals surface area (Å²) in [6, 6.07) is 0.479. The minimum Gasteiger partial charge on any atom is -0.383 e. The monoisotopic (exact) mass is 214 g/mol. The summed E-state index contributed by atoms with van der Waals surface area (Å²) in [5.41, 5.74) is 0. The van der Waals surface area contributed by atoms with Gasteiger partial charge in [0.2, 0.25) is 5.91 Å². The third-order valence-electron chi connectivity index (χ3n) is 2.74. The van der Waals surface area contributed by atoms with E-state index in [0.29, 0.717) is 12.6 Å². The van der Waals surface area contributed by atoms with E-state index in [1.54, 1.807) is 7.11 Å². The Bertz CT molecular complexity index is 205. The van der Waals surface area contributed by atoms with Crippen molar-refractivity contribution in [3.05, 3.63) is 0 Å². The van der Waals surface area contributed by atoms with Gasteiger partial charge in [0.1, 0.15) is 0 Å². The minimum atomic E-state index is 0.0625. The Hall–Kier alpha value is -0.610. The molecule has 0 aliphatic heterocycles. The molecule has 1 aliphatic carbocycles. The van der Waals surface area contributed by atoms with Crippen molar-refractivity contribution < 1.29 is 9.53 Å². The molecule has 1 fully saturated rings. The molecule has 0 bridgehead atoms. The standard InChI is InChI=1S/C11H22N2O2/c1-9(8-12-2)11(14)13(6-7-15-3)10-4-5-10/h9-10,12H,4-8H2,1-3H3. The molecular weight excluding hydrogens is 192 g/mol. The van der Waals surface area contributed by atoms with Crippen LogP contribution in [0, 0.1) is 5.92 Å². The molecule has 0 aromatic heterocycles. The molecule has 1 rings (SSSR count). The fourth-order valence-electron chi connectivity index (χ4n) is 1.73. The van der Waals surface area contributed by atoms with Crippen LogP contribution in [0.1, 0.15) is 19.8 Å². The number of carbonyl (C=O) groups is 1. The molecule has 1 unspecified atom stereocenters. The summed E-state index contributed by atoms with van der Waals surface area (Å²) in [5.74, 6) is 0.316. The molecule has 0 spiro atoms. The van der Waals surface area contributed by atoms with Crippen molar-refractivity contribution >= 4 is 5.91 Å². The van der Waals surface area contributed by atoms with Gasteiger partial charge in [-0.15, -0.1) is 0 Å². The van der Waals surface area contributed by atoms with Crippen LogP contribution in [0.3, 0.4) is 0 Å². The topological polar surface area (TPSA) is 41.6 Å². The van der Waals surface area contributed by atoms with Crippen molar-refractivity contribution in [2.24, 2.45) is 5.92 Å². The van der Waals surface area contributed by atoms with Crippen molar-refractivity contribution in [1.82, 2.24) is 10.2 Å². The molecule has 4 heteroatoms. The van der Waals surface area contributed by atoms with Crippen LogP contribution in [0.4, 0.5) is 0 Å². The fraction of sp³-hybridized carbons (Fsp3) is 0.909. The summed E-state index contributed by atoms with van der Waals surface area (Å²) in [7, 11) is 3.55. The van der Waals surface area contributed by atoms with Gasteiger partial charge in [0, 0.05) is 32.2 Å². The van der Waals surface area contributed by atoms with Crippen LogP contribution in [0.5, 0.6) is 0 Å². The maximum atomic E-state index is 12.1. The van der Waals surface area contributed by atoms with Gasteiger partial charge in [0.15, 0.2) is 0 Å². The largest absolute Gasteiger partial charge is 0.383 e. The predicted octanol–water partition coefficient (Wildman–Crippen LogP) is 0.479. The number of hydrogen-bond donors (Lipinski definition) is 1. The minimum absolute atomic E-state index is 0.0625. The first-order valence-corrected chi connectivity index (χ1v) is 5.64. The Kier molecular flexibility index (Phi) is 5.05. The molecule has 0 radical (unpaired) electrons. The Balaban J connectivity index is 2.43. The second kappa shape index (κ2) is 6.08. The first-order valence-electron chi connectivity index (χ1n) is 5.64. The zero-order valence-electron chi connectivity index (χ0n) is 9.95. The highest BCUT2D eigenvalue weighted by atomic mass is 16.5. The van der Waals surface area contributed by atoms with Gasteiger partial charge in [-0.25, -0.2) is 0 Å². The van der Waals surface area contributed by atoms with Gasteiger partial charge in [0.25, 0.3) is 0 Å². The lowest BCUT2D eigenvalue weighted by atomic mass is 10.1. The van der Waals surface area contributed by atoms with E-state index in [0.717, 1.165) is 25.9 Å². The van der Waals surface area contributed by atoms with Crippen LogP contribution in [-0.4, -0.2) is 50.7 Å². The van der Waals surface area contributed by atoms with Crippen molar-refractivity contribution in [2.75, 3.05) is 33.9 Å². The molecule has 0 aromatic carbocycles. The molecule has 4 nitrogen and oxygen atoms in total. The van der Waals surface area contributed by atoms with Crippen molar-refractivity contribution in [3.63, 3.8) is 0 Å². The fourth-order valence-corrected chi connectivity index (χ4v) is 1.73. The second-order valence-electron chi connectivity index (χ2n) is 4.21. The lowest BCUT2D eigenvalue weighted by Gasteiger charge is -2.25. The third-order valence-corrected chi connectivity index (χ3v) is 2.74. The van der Waals surface area contributed by atoms with E-state index in [4.69, 9.17) is 4.74 Å². The highest BCUT2D eigenvalue weighted by molar-refractivity contribution is 5.79. The molecular formula is C11H22N2O2. The first-order chi connectivity index (χ1) is 7.20. The summed E-state index contributed by atoms with van der Waals surface area (Å²) in [6.45, 7) is 4.08. The van der Waals surface area contributed by atoms with Gasteiger partial charge < -0.3 is 15.0 Å². The normalized spacial score (nSPS) is 17.5. The molecule has 1 N–H and O–H groups in total. The highest BCUT2D eigenvalue weighted by Crippen LogP contribution is 2.27. The van der Waals surface area contributed by atoms with Crippen LogP contribution in [-0.2, 0) is 9.53 Å². The summed E-state index contributed by atoms with van der Waals surface area (Å²) in [4.78, 5) is 14.0. The Morgan fingerprint density at radius 1 is 1.60 bits per heavy atom. The summed E-state index contributed by atoms with van der Waals surface area (Å²) in [5, 5.41) is 3.04. The lowest BCUT2D eigenvalue weighted by molar-refractivity contribution is -0.136. The van der Waals surface area contributed by atoms with Crippen molar-refractivity contribution in [1.29, 1.82) is 0 Å². The molecule has 1 amide bonds. The molecule has 0 saturated heterocycles. The molecule has 1 saturated carbocycles. The van der Waals surface area contributed by atoms with Crippen LogP contribution in [0.15, 0.2) is 0 Å². The quantitative estimate of drug-likeness (QED) is 0.670. The lowest BCUT2D eigenvalue weighted by Crippen LogP contribution is -2.41. The Morgan fingerprint density at radius 2 is 2.27 bits per heavy atom. The number of hydrogen-bond acceptors (Lipinski definition) is 3. The number of methoxy groups -OCH3 is 1. The highest BCUT2D eigenvalue weighted by Gasteiger charge is 2.33. The van der Waals surface area contributed by atoms with Gasteiger partial charge in [0.05, 0.1) is 6.61 Å². The van der Waals surface area contributed by atoms with Gasteiger partial charge in [-0.1, -0.05) is 6.92 Å². The van der Waals surface area contributed by atoms with Gasteiger partial charge in [-0.05, 0) is 19.9 Å². The average Bonchev–Trinajstić information content (AvgIpc) is 3.02. The number of nitrogens with one attached hydrogen (secondary N) is 1. The van der Waals surface area contributed by atoms with E-state index in [2.05, 4.69) is 5.32 Å². The van der Waals surface area contributed by atoms with E-state index in [1.807, 2.05) is 18.9 Å². The third kappa shape index (κ3) is 3.80. The van der Waals surface area contributed by atoms with Crippen molar-refractivity contribution in [3.8, 4) is 0 Å². The molecule has 1 atom stereocenters. The van der Waals surface area contributed by atoms with Crippen LogP contribution >= 0.6 is 0 Å². The summed E-state index contributed by atoms with van der Waals surface area (Å²) >= 11 is 0. The Morgan fingerprint density at radius 3 is 2.73 bits per heavy atom. The van der Waals surface area contributed by atoms with Gasteiger partial charge in [-0.2, -0.15) is 0 Å². The smallest absolute Gasteiger partial charge is 0.227 e. The zero-order chi connectivity index (χ0) is 11.3. The molecule has 1 aliphatic rings. The number of nitrogens with zero attached hydrogens (tertiary/aromatic N) is 1. The van der Waals surface area contributed by atoms with Gasteiger partial charge >= 0.3 is 0 Å². The van der Waals surface area contributed by atoms with E-state index in [9.17, 15) is 4.79 Å². The number of carbonyl (C=O) groups excluding carboxylic acids is 1. The van der Waals surface area contributed by atoms with Crippen LogP contribution in [0.2, 0.25) is 0 Å². The molecule has 0 aromatic rings. The maximum Gasteiger partial charge on any atom is 0.227 e. The number of amides is 1. The zero-order valence-corrected chi connectivity index (χ0v) is 9.95. The average molecular weight is 214 g/mol.